The van der Waals surface area contributed by atoms with Crippen molar-refractivity contribution in [3.63, 3.8) is 0 Å². The number of amides is 1. The summed E-state index contributed by atoms with van der Waals surface area (Å²) in [6.45, 7) is 2.13. The number of likely N-dealkylation sites (tertiary alicyclic amines) is 1. The molecule has 1 amide bonds. The number of piperidine rings is 1. The van der Waals surface area contributed by atoms with E-state index in [1.807, 2.05) is 4.90 Å². The molecule has 1 saturated carbocycles. The average molecular weight is 341 g/mol. The number of hydrogen-bond acceptors (Lipinski definition) is 3. The maximum atomic E-state index is 12.2. The van der Waals surface area contributed by atoms with Gasteiger partial charge in [-0.3, -0.25) is 0 Å². The first-order valence-electron chi connectivity index (χ1n) is 8.75. The average Bonchev–Trinajstić information content (AvgIpc) is 3.19. The number of nitrogens with zero attached hydrogens (tertiary/aromatic N) is 1. The van der Waals surface area contributed by atoms with Crippen molar-refractivity contribution < 1.29 is 9.53 Å². The first-order chi connectivity index (χ1) is 11.7. The predicted molar refractivity (Wildman–Crippen MR) is 99.7 cm³/mol. The minimum atomic E-state index is -0.151. The molecule has 4 rings (SSSR count). The van der Waals surface area contributed by atoms with E-state index >= 15 is 0 Å². The highest BCUT2D eigenvalue weighted by Gasteiger charge is 2.61. The number of thiol groups is 1. The molecule has 0 unspecified atom stereocenters. The lowest BCUT2D eigenvalue weighted by atomic mass is 9.93. The van der Waals surface area contributed by atoms with Gasteiger partial charge in [-0.25, -0.2) is 4.79 Å². The number of unbranched alkanes of at least 4 members (excludes halogenated alkanes) is 1. The molecule has 3 nitrogen and oxygen atoms in total. The second kappa shape index (κ2) is 6.32. The lowest BCUT2D eigenvalue weighted by Gasteiger charge is -2.21. The molecule has 1 saturated heterocycles. The van der Waals surface area contributed by atoms with Crippen LogP contribution in [0.3, 0.4) is 0 Å². The third-order valence-electron chi connectivity index (χ3n) is 5.51. The largest absolute Gasteiger partial charge is 0.449 e. The Labute approximate surface area is 148 Å². The van der Waals surface area contributed by atoms with Gasteiger partial charge in [-0.15, -0.1) is 0 Å². The summed E-state index contributed by atoms with van der Waals surface area (Å²) in [6.07, 6.45) is 2.92. The van der Waals surface area contributed by atoms with Crippen LogP contribution in [0.1, 0.15) is 24.8 Å². The molecule has 0 aromatic heterocycles. The molecule has 24 heavy (non-hydrogen) atoms. The van der Waals surface area contributed by atoms with Crippen LogP contribution in [0.2, 0.25) is 0 Å². The van der Waals surface area contributed by atoms with Crippen LogP contribution in [-0.2, 0) is 10.2 Å². The van der Waals surface area contributed by atoms with Gasteiger partial charge in [0.1, 0.15) is 0 Å². The first kappa shape index (κ1) is 15.8. The van der Waals surface area contributed by atoms with Crippen LogP contribution in [-0.4, -0.2) is 36.4 Å². The van der Waals surface area contributed by atoms with Crippen LogP contribution in [0.4, 0.5) is 4.79 Å². The highest BCUT2D eigenvalue weighted by atomic mass is 32.1. The molecule has 1 aliphatic carbocycles. The highest BCUT2D eigenvalue weighted by Crippen LogP contribution is 2.59. The zero-order valence-corrected chi connectivity index (χ0v) is 14.7. The summed E-state index contributed by atoms with van der Waals surface area (Å²) >= 11 is 4.18. The van der Waals surface area contributed by atoms with Crippen molar-refractivity contribution in [3.05, 3.63) is 48.0 Å². The van der Waals surface area contributed by atoms with Gasteiger partial charge in [-0.1, -0.05) is 42.5 Å². The second-order valence-corrected chi connectivity index (χ2v) is 7.49. The standard InChI is InChI=1S/C20H23NO2S/c22-19(23-9-3-4-10-24)21-13-18-12-20(18,14-21)17-8-7-15-5-1-2-6-16(15)11-17/h1-2,5-8,11,18,24H,3-4,9-10,12-14H2/t18-,20+/m1/s1. The Bertz CT molecular complexity index is 762. The molecule has 4 heteroatoms. The van der Waals surface area contributed by atoms with Gasteiger partial charge in [-0.05, 0) is 47.3 Å². The van der Waals surface area contributed by atoms with E-state index in [0.29, 0.717) is 12.5 Å². The van der Waals surface area contributed by atoms with Gasteiger partial charge in [0.05, 0.1) is 6.61 Å². The Morgan fingerprint density at radius 3 is 2.88 bits per heavy atom. The number of fused-ring (bicyclic) bond motifs is 2. The number of benzene rings is 2. The van der Waals surface area contributed by atoms with Gasteiger partial charge in [0.15, 0.2) is 0 Å². The maximum Gasteiger partial charge on any atom is 0.409 e. The first-order valence-corrected chi connectivity index (χ1v) is 9.38. The predicted octanol–water partition coefficient (Wildman–Crippen LogP) is 4.26. The van der Waals surface area contributed by atoms with E-state index in [0.717, 1.165) is 31.7 Å². The zero-order valence-electron chi connectivity index (χ0n) is 13.8. The van der Waals surface area contributed by atoms with Gasteiger partial charge >= 0.3 is 6.09 Å². The molecule has 1 aliphatic heterocycles. The molecule has 2 atom stereocenters. The fourth-order valence-electron chi connectivity index (χ4n) is 4.03. The highest BCUT2D eigenvalue weighted by molar-refractivity contribution is 7.80. The number of rotatable bonds is 5. The Morgan fingerprint density at radius 2 is 2.04 bits per heavy atom. The number of carbonyl (C=O) groups excluding carboxylic acids is 1. The fraction of sp³-hybridized carbons (Fsp3) is 0.450. The molecular weight excluding hydrogens is 318 g/mol. The Hall–Kier alpha value is -1.68. The molecule has 0 bridgehead atoms. The summed E-state index contributed by atoms with van der Waals surface area (Å²) in [6, 6.07) is 15.2. The van der Waals surface area contributed by atoms with Gasteiger partial charge < -0.3 is 9.64 Å². The van der Waals surface area contributed by atoms with Crippen LogP contribution in [0, 0.1) is 5.92 Å². The normalized spacial score (nSPS) is 24.9. The molecule has 126 valence electrons. The van der Waals surface area contributed by atoms with Crippen molar-refractivity contribution in [2.45, 2.75) is 24.7 Å². The van der Waals surface area contributed by atoms with E-state index in [9.17, 15) is 4.79 Å². The van der Waals surface area contributed by atoms with E-state index in [2.05, 4.69) is 55.1 Å². The lowest BCUT2D eigenvalue weighted by Crippen LogP contribution is -2.33. The number of hydrogen-bond donors (Lipinski definition) is 1. The monoisotopic (exact) mass is 341 g/mol. The van der Waals surface area contributed by atoms with E-state index in [4.69, 9.17) is 4.74 Å². The molecule has 0 radical (unpaired) electrons. The van der Waals surface area contributed by atoms with Crippen LogP contribution in [0.15, 0.2) is 42.5 Å². The van der Waals surface area contributed by atoms with E-state index in [1.54, 1.807) is 0 Å². The van der Waals surface area contributed by atoms with E-state index < -0.39 is 0 Å². The third kappa shape index (κ3) is 2.77. The Balaban J connectivity index is 1.44. The van der Waals surface area contributed by atoms with Crippen molar-refractivity contribution >= 4 is 29.5 Å². The number of carbonyl (C=O) groups is 1. The smallest absolute Gasteiger partial charge is 0.409 e. The molecule has 0 N–H and O–H groups in total. The van der Waals surface area contributed by atoms with Gasteiger partial charge in [0, 0.05) is 18.5 Å². The van der Waals surface area contributed by atoms with Crippen LogP contribution in [0.5, 0.6) is 0 Å². The fourth-order valence-corrected chi connectivity index (χ4v) is 4.26. The molecule has 2 aromatic carbocycles. The van der Waals surface area contributed by atoms with Gasteiger partial charge in [0.2, 0.25) is 0 Å². The SMILES string of the molecule is O=C(OCCCCS)N1C[C@H]2C[C@@]2(c2ccc3ccccc3c2)C1. The van der Waals surface area contributed by atoms with Crippen molar-refractivity contribution in [3.8, 4) is 0 Å². The zero-order chi connectivity index (χ0) is 16.6. The Kier molecular flexibility index (Phi) is 4.17. The molecule has 1 heterocycles. The summed E-state index contributed by atoms with van der Waals surface area (Å²) in [7, 11) is 0. The van der Waals surface area contributed by atoms with Crippen molar-refractivity contribution in [2.75, 3.05) is 25.4 Å². The summed E-state index contributed by atoms with van der Waals surface area (Å²) < 4.78 is 5.40. The second-order valence-electron chi connectivity index (χ2n) is 7.04. The molecule has 2 aliphatic rings. The van der Waals surface area contributed by atoms with Crippen molar-refractivity contribution in [2.24, 2.45) is 5.92 Å². The number of ether oxygens (including phenoxy) is 1. The Morgan fingerprint density at radius 1 is 1.21 bits per heavy atom. The van der Waals surface area contributed by atoms with E-state index in [1.165, 1.54) is 22.8 Å². The minimum absolute atomic E-state index is 0.151. The van der Waals surface area contributed by atoms with Gasteiger partial charge in [0.25, 0.3) is 0 Å². The van der Waals surface area contributed by atoms with Crippen molar-refractivity contribution in [1.29, 1.82) is 0 Å². The summed E-state index contributed by atoms with van der Waals surface area (Å²) in [5, 5.41) is 2.55. The van der Waals surface area contributed by atoms with Crippen LogP contribution in [0.25, 0.3) is 10.8 Å². The van der Waals surface area contributed by atoms with Gasteiger partial charge in [-0.2, -0.15) is 12.6 Å². The van der Waals surface area contributed by atoms with Crippen LogP contribution < -0.4 is 0 Å². The van der Waals surface area contributed by atoms with E-state index in [-0.39, 0.29) is 11.5 Å². The van der Waals surface area contributed by atoms with Crippen LogP contribution >= 0.6 is 12.6 Å². The molecule has 2 aromatic rings. The summed E-state index contributed by atoms with van der Waals surface area (Å²) in [4.78, 5) is 14.1. The third-order valence-corrected chi connectivity index (χ3v) is 5.82. The topological polar surface area (TPSA) is 29.5 Å². The molecule has 2 fully saturated rings. The maximum absolute atomic E-state index is 12.2. The van der Waals surface area contributed by atoms with Crippen molar-refractivity contribution in [1.82, 2.24) is 4.90 Å². The molecular formula is C20H23NO2S. The summed E-state index contributed by atoms with van der Waals surface area (Å²) in [5.74, 6) is 1.43. The molecule has 0 spiro atoms. The quantitative estimate of drug-likeness (QED) is 0.650. The lowest BCUT2D eigenvalue weighted by molar-refractivity contribution is 0.105. The minimum Gasteiger partial charge on any atom is -0.449 e. The summed E-state index contributed by atoms with van der Waals surface area (Å²) in [5.41, 5.74) is 1.53.